The molecule has 8 nitrogen and oxygen atoms in total. The number of benzene rings is 1. The van der Waals surface area contributed by atoms with E-state index in [1.807, 2.05) is 30.3 Å². The minimum absolute atomic E-state index is 0.00724. The molecule has 8 heteroatoms. The Hall–Kier alpha value is -2.64. The average molecular weight is 361 g/mol. The molecule has 0 unspecified atom stereocenters. The van der Waals surface area contributed by atoms with E-state index in [4.69, 9.17) is 4.74 Å². The molecular formula is C18H23N3O5. The van der Waals surface area contributed by atoms with E-state index in [0.29, 0.717) is 25.9 Å². The van der Waals surface area contributed by atoms with Gasteiger partial charge >= 0.3 is 6.09 Å². The highest BCUT2D eigenvalue weighted by Gasteiger charge is 2.43. The molecular weight excluding hydrogens is 338 g/mol. The van der Waals surface area contributed by atoms with Crippen molar-refractivity contribution < 1.29 is 19.2 Å². The zero-order valence-electron chi connectivity index (χ0n) is 14.5. The van der Waals surface area contributed by atoms with Gasteiger partial charge in [0.25, 0.3) is 0 Å². The maximum Gasteiger partial charge on any atom is 0.410 e. The number of nitrogens with zero attached hydrogens (tertiary/aromatic N) is 2. The van der Waals surface area contributed by atoms with Crippen molar-refractivity contribution in [3.8, 4) is 0 Å². The van der Waals surface area contributed by atoms with Crippen molar-refractivity contribution >= 4 is 12.0 Å². The van der Waals surface area contributed by atoms with E-state index in [1.54, 1.807) is 4.90 Å². The maximum absolute atomic E-state index is 12.2. The predicted molar refractivity (Wildman–Crippen MR) is 92.9 cm³/mol. The molecule has 0 radical (unpaired) electrons. The zero-order valence-corrected chi connectivity index (χ0v) is 14.5. The van der Waals surface area contributed by atoms with Gasteiger partial charge in [0, 0.05) is 30.9 Å². The predicted octanol–water partition coefficient (Wildman–Crippen LogP) is 1.96. The molecule has 26 heavy (non-hydrogen) atoms. The van der Waals surface area contributed by atoms with Crippen LogP contribution in [0.5, 0.6) is 0 Å². The lowest BCUT2D eigenvalue weighted by atomic mass is 9.82. The minimum Gasteiger partial charge on any atom is -0.445 e. The van der Waals surface area contributed by atoms with Gasteiger partial charge in [0.15, 0.2) is 0 Å². The summed E-state index contributed by atoms with van der Waals surface area (Å²) in [6, 6.07) is 8.27. The summed E-state index contributed by atoms with van der Waals surface area (Å²) < 4.78 is 5.33. The van der Waals surface area contributed by atoms with Gasteiger partial charge in [-0.2, -0.15) is 0 Å². The Morgan fingerprint density at radius 2 is 1.92 bits per heavy atom. The normalized spacial score (nSPS) is 24.0. The Bertz CT molecular complexity index is 658. The second kappa shape index (κ2) is 8.16. The third-order valence-corrected chi connectivity index (χ3v) is 5.19. The molecule has 2 aliphatic rings. The SMILES string of the molecule is O=C1CC[C@@H]([N+](=O)[O-])[C@H](C2CCN(C(=O)OCc3ccccc3)CC2)N1. The molecule has 0 aromatic heterocycles. The van der Waals surface area contributed by atoms with E-state index in [1.165, 1.54) is 0 Å². The summed E-state index contributed by atoms with van der Waals surface area (Å²) in [5, 5.41) is 14.1. The van der Waals surface area contributed by atoms with Gasteiger partial charge in [-0.05, 0) is 24.3 Å². The van der Waals surface area contributed by atoms with E-state index in [-0.39, 0.29) is 42.3 Å². The number of rotatable bonds is 4. The number of hydrogen-bond donors (Lipinski definition) is 1. The van der Waals surface area contributed by atoms with E-state index in [9.17, 15) is 19.7 Å². The van der Waals surface area contributed by atoms with Gasteiger partial charge in [-0.3, -0.25) is 14.9 Å². The molecule has 2 atom stereocenters. The summed E-state index contributed by atoms with van der Waals surface area (Å²) in [5.74, 6) is -0.120. The van der Waals surface area contributed by atoms with Gasteiger partial charge in [-0.15, -0.1) is 0 Å². The Kier molecular flexibility index (Phi) is 5.70. The molecule has 1 aromatic carbocycles. The van der Waals surface area contributed by atoms with Crippen LogP contribution in [0.25, 0.3) is 0 Å². The summed E-state index contributed by atoms with van der Waals surface area (Å²) in [4.78, 5) is 36.5. The van der Waals surface area contributed by atoms with Gasteiger partial charge < -0.3 is 15.0 Å². The van der Waals surface area contributed by atoms with Gasteiger partial charge in [-0.1, -0.05) is 30.3 Å². The molecule has 2 amide bonds. The Balaban J connectivity index is 1.50. The minimum atomic E-state index is -0.741. The summed E-state index contributed by atoms with van der Waals surface area (Å²) in [6.07, 6.45) is 1.35. The Morgan fingerprint density at radius 1 is 1.23 bits per heavy atom. The second-order valence-electron chi connectivity index (χ2n) is 6.85. The number of ether oxygens (including phenoxy) is 1. The van der Waals surface area contributed by atoms with Crippen molar-refractivity contribution in [3.05, 3.63) is 46.0 Å². The second-order valence-corrected chi connectivity index (χ2v) is 6.85. The molecule has 0 saturated carbocycles. The van der Waals surface area contributed by atoms with Crippen LogP contribution in [0.3, 0.4) is 0 Å². The number of carbonyl (C=O) groups excluding carboxylic acids is 2. The fraction of sp³-hybridized carbons (Fsp3) is 0.556. The molecule has 2 saturated heterocycles. The molecule has 3 rings (SSSR count). The molecule has 1 aromatic rings. The van der Waals surface area contributed by atoms with Gasteiger partial charge in [0.05, 0.1) is 6.04 Å². The van der Waals surface area contributed by atoms with Crippen molar-refractivity contribution in [2.24, 2.45) is 5.92 Å². The van der Waals surface area contributed by atoms with Gasteiger partial charge in [-0.25, -0.2) is 4.79 Å². The van der Waals surface area contributed by atoms with Gasteiger partial charge in [0.1, 0.15) is 6.61 Å². The molecule has 2 aliphatic heterocycles. The number of nitrogens with one attached hydrogen (secondary N) is 1. The van der Waals surface area contributed by atoms with Crippen molar-refractivity contribution in [2.75, 3.05) is 13.1 Å². The molecule has 0 spiro atoms. The van der Waals surface area contributed by atoms with Crippen LogP contribution >= 0.6 is 0 Å². The Morgan fingerprint density at radius 3 is 2.58 bits per heavy atom. The van der Waals surface area contributed by atoms with Crippen LogP contribution in [0.1, 0.15) is 31.2 Å². The summed E-state index contributed by atoms with van der Waals surface area (Å²) in [7, 11) is 0. The topological polar surface area (TPSA) is 102 Å². The molecule has 140 valence electrons. The van der Waals surface area contributed by atoms with E-state index in [2.05, 4.69) is 5.32 Å². The first kappa shape index (κ1) is 18.2. The highest BCUT2D eigenvalue weighted by atomic mass is 16.6. The third-order valence-electron chi connectivity index (χ3n) is 5.19. The van der Waals surface area contributed by atoms with E-state index in [0.717, 1.165) is 5.56 Å². The van der Waals surface area contributed by atoms with Crippen molar-refractivity contribution in [1.82, 2.24) is 10.2 Å². The lowest BCUT2D eigenvalue weighted by Gasteiger charge is -2.38. The molecule has 2 fully saturated rings. The molecule has 0 aliphatic carbocycles. The first-order valence-corrected chi connectivity index (χ1v) is 8.93. The molecule has 0 bridgehead atoms. The van der Waals surface area contributed by atoms with Crippen LogP contribution in [0.4, 0.5) is 4.79 Å². The van der Waals surface area contributed by atoms with E-state index < -0.39 is 12.1 Å². The van der Waals surface area contributed by atoms with Crippen LogP contribution in [0, 0.1) is 16.0 Å². The third kappa shape index (κ3) is 4.30. The van der Waals surface area contributed by atoms with Crippen molar-refractivity contribution in [3.63, 3.8) is 0 Å². The smallest absolute Gasteiger partial charge is 0.410 e. The van der Waals surface area contributed by atoms with Crippen LogP contribution in [-0.2, 0) is 16.1 Å². The quantitative estimate of drug-likeness (QED) is 0.652. The highest BCUT2D eigenvalue weighted by molar-refractivity contribution is 5.77. The van der Waals surface area contributed by atoms with Crippen LogP contribution < -0.4 is 5.32 Å². The average Bonchev–Trinajstić information content (AvgIpc) is 2.66. The first-order chi connectivity index (χ1) is 12.5. The number of carbonyl (C=O) groups is 2. The fourth-order valence-electron chi connectivity index (χ4n) is 3.73. The number of likely N-dealkylation sites (tertiary alicyclic amines) is 1. The van der Waals surface area contributed by atoms with E-state index >= 15 is 0 Å². The number of hydrogen-bond acceptors (Lipinski definition) is 5. The molecule has 1 N–H and O–H groups in total. The summed E-state index contributed by atoms with van der Waals surface area (Å²) in [5.41, 5.74) is 0.925. The highest BCUT2D eigenvalue weighted by Crippen LogP contribution is 2.27. The summed E-state index contributed by atoms with van der Waals surface area (Å²) in [6.45, 7) is 1.19. The van der Waals surface area contributed by atoms with Crippen molar-refractivity contribution in [1.29, 1.82) is 0 Å². The fourth-order valence-corrected chi connectivity index (χ4v) is 3.73. The number of nitro groups is 1. The lowest BCUT2D eigenvalue weighted by Crippen LogP contribution is -2.57. The summed E-state index contributed by atoms with van der Waals surface area (Å²) >= 11 is 0. The van der Waals surface area contributed by atoms with Crippen LogP contribution in [0.15, 0.2) is 30.3 Å². The number of amides is 2. The first-order valence-electron chi connectivity index (χ1n) is 8.93. The molecule has 2 heterocycles. The lowest BCUT2D eigenvalue weighted by molar-refractivity contribution is -0.530. The van der Waals surface area contributed by atoms with Crippen molar-refractivity contribution in [2.45, 2.75) is 44.4 Å². The monoisotopic (exact) mass is 361 g/mol. The largest absolute Gasteiger partial charge is 0.445 e. The number of piperidine rings is 2. The van der Waals surface area contributed by atoms with Gasteiger partial charge in [0.2, 0.25) is 11.9 Å². The maximum atomic E-state index is 12.2. The van der Waals surface area contributed by atoms with Crippen LogP contribution in [-0.4, -0.2) is 47.0 Å². The zero-order chi connectivity index (χ0) is 18.5. The Labute approximate surface area is 151 Å². The van der Waals surface area contributed by atoms with Crippen LogP contribution in [0.2, 0.25) is 0 Å². The standard InChI is InChI=1S/C18H23N3O5/c22-16-7-6-15(21(24)25)17(19-16)14-8-10-20(11-9-14)18(23)26-12-13-4-2-1-3-5-13/h1-5,14-15,17H,6-12H2,(H,19,22)/t15-,17+/m1/s1.